The van der Waals surface area contributed by atoms with E-state index in [1.54, 1.807) is 0 Å². The van der Waals surface area contributed by atoms with Crippen molar-refractivity contribution in [2.45, 2.75) is 271 Å². The molecule has 0 saturated carbocycles. The number of allylic oxidation sites excluding steroid dienone is 6. The van der Waals surface area contributed by atoms with Crippen molar-refractivity contribution in [2.75, 3.05) is 13.2 Å². The summed E-state index contributed by atoms with van der Waals surface area (Å²) in [7, 11) is 0. The normalized spacial score (nSPS) is 12.3. The number of hydrogen-bond donors (Lipinski definition) is 0. The predicted octanol–water partition coefficient (Wildman–Crippen LogP) is 16.5. The molecule has 0 rings (SSSR count). The summed E-state index contributed by atoms with van der Waals surface area (Å²) in [5.41, 5.74) is 0. The zero-order valence-electron chi connectivity index (χ0n) is 39.3. The van der Waals surface area contributed by atoms with Crippen LogP contribution in [0.25, 0.3) is 0 Å². The lowest BCUT2D eigenvalue weighted by Gasteiger charge is -2.18. The molecule has 0 unspecified atom stereocenters. The van der Waals surface area contributed by atoms with Gasteiger partial charge in [0.05, 0.1) is 0 Å². The Kier molecular flexibility index (Phi) is 46.4. The van der Waals surface area contributed by atoms with E-state index in [0.717, 1.165) is 77.0 Å². The van der Waals surface area contributed by atoms with Gasteiger partial charge < -0.3 is 14.2 Å². The summed E-state index contributed by atoms with van der Waals surface area (Å²) < 4.78 is 16.7. The molecule has 0 aromatic rings. The Morgan fingerprint density at radius 2 is 0.610 bits per heavy atom. The van der Waals surface area contributed by atoms with Crippen LogP contribution in [0.3, 0.4) is 0 Å². The van der Waals surface area contributed by atoms with Crippen molar-refractivity contribution in [3.63, 3.8) is 0 Å². The van der Waals surface area contributed by atoms with E-state index in [1.807, 2.05) is 0 Å². The van der Waals surface area contributed by atoms with Crippen molar-refractivity contribution >= 4 is 17.9 Å². The molecule has 0 aliphatic carbocycles. The molecule has 0 N–H and O–H groups in total. The van der Waals surface area contributed by atoms with Crippen molar-refractivity contribution in [1.82, 2.24) is 0 Å². The zero-order valence-corrected chi connectivity index (χ0v) is 39.3. The first kappa shape index (κ1) is 56.6. The van der Waals surface area contributed by atoms with Crippen LogP contribution in [0.15, 0.2) is 36.5 Å². The van der Waals surface area contributed by atoms with Crippen molar-refractivity contribution in [3.8, 4) is 0 Å². The first-order chi connectivity index (χ1) is 29.0. The van der Waals surface area contributed by atoms with E-state index in [0.29, 0.717) is 19.3 Å². The van der Waals surface area contributed by atoms with Gasteiger partial charge in [0.15, 0.2) is 6.10 Å². The molecule has 0 heterocycles. The van der Waals surface area contributed by atoms with Crippen LogP contribution in [-0.4, -0.2) is 37.2 Å². The summed E-state index contributed by atoms with van der Waals surface area (Å²) in [6, 6.07) is 0. The highest BCUT2D eigenvalue weighted by atomic mass is 16.6. The first-order valence-electron chi connectivity index (χ1n) is 25.5. The van der Waals surface area contributed by atoms with Gasteiger partial charge in [-0.2, -0.15) is 0 Å². The molecule has 0 aliphatic heterocycles. The van der Waals surface area contributed by atoms with Crippen LogP contribution in [0.2, 0.25) is 0 Å². The minimum atomic E-state index is -0.771. The SMILES string of the molecule is CCCCC/C=C\C/C=C\C/C=C\CCCCCCCCC(=O)OC[C@@H](COC(=O)CCCCCCCCCCC)OC(=O)CCCCCCCCCCCCCCC. The third kappa shape index (κ3) is 46.5. The Morgan fingerprint density at radius 1 is 0.339 bits per heavy atom. The Balaban J connectivity index is 4.31. The number of hydrogen-bond acceptors (Lipinski definition) is 6. The topological polar surface area (TPSA) is 78.9 Å². The van der Waals surface area contributed by atoms with E-state index < -0.39 is 6.10 Å². The molecule has 0 spiro atoms. The second-order valence-corrected chi connectivity index (χ2v) is 17.1. The van der Waals surface area contributed by atoms with Gasteiger partial charge in [0.2, 0.25) is 0 Å². The standard InChI is InChI=1S/C53H96O6/c1-4-7-10-13-16-19-21-23-24-25-26-27-28-30-31-34-37-40-43-46-52(55)58-49-50(48-57-51(54)45-42-39-36-33-18-15-12-9-6-3)59-53(56)47-44-41-38-35-32-29-22-20-17-14-11-8-5-2/h16,19,23-24,26-27,50H,4-15,17-18,20-22,25,28-49H2,1-3H3/b19-16-,24-23-,27-26-/t50-/m1/s1. The second-order valence-electron chi connectivity index (χ2n) is 17.1. The highest BCUT2D eigenvalue weighted by Crippen LogP contribution is 2.15. The van der Waals surface area contributed by atoms with E-state index in [1.165, 1.54) is 148 Å². The van der Waals surface area contributed by atoms with Gasteiger partial charge in [-0.15, -0.1) is 0 Å². The molecule has 0 aromatic heterocycles. The lowest BCUT2D eigenvalue weighted by molar-refractivity contribution is -0.167. The van der Waals surface area contributed by atoms with Gasteiger partial charge in [-0.05, 0) is 57.8 Å². The lowest BCUT2D eigenvalue weighted by atomic mass is 10.0. The van der Waals surface area contributed by atoms with Crippen molar-refractivity contribution in [2.24, 2.45) is 0 Å². The number of esters is 3. The van der Waals surface area contributed by atoms with Gasteiger partial charge in [0.1, 0.15) is 13.2 Å². The summed E-state index contributed by atoms with van der Waals surface area (Å²) in [4.78, 5) is 37.8. The molecule has 0 bridgehead atoms. The van der Waals surface area contributed by atoms with Crippen LogP contribution < -0.4 is 0 Å². The van der Waals surface area contributed by atoms with Crippen molar-refractivity contribution in [1.29, 1.82) is 0 Å². The van der Waals surface area contributed by atoms with E-state index in [9.17, 15) is 14.4 Å². The van der Waals surface area contributed by atoms with Gasteiger partial charge in [-0.1, -0.05) is 224 Å². The first-order valence-corrected chi connectivity index (χ1v) is 25.5. The molecule has 59 heavy (non-hydrogen) atoms. The molecule has 0 aromatic carbocycles. The van der Waals surface area contributed by atoms with E-state index >= 15 is 0 Å². The van der Waals surface area contributed by atoms with Gasteiger partial charge in [0, 0.05) is 19.3 Å². The summed E-state index contributed by atoms with van der Waals surface area (Å²) in [5.74, 6) is -0.879. The zero-order chi connectivity index (χ0) is 43.0. The summed E-state index contributed by atoms with van der Waals surface area (Å²) in [5, 5.41) is 0. The number of ether oxygens (including phenoxy) is 3. The highest BCUT2D eigenvalue weighted by molar-refractivity contribution is 5.71. The molecule has 0 aliphatic rings. The number of rotatable bonds is 46. The molecule has 0 amide bonds. The van der Waals surface area contributed by atoms with Crippen LogP contribution in [0.1, 0.15) is 265 Å². The molecular formula is C53H96O6. The Labute approximate surface area is 365 Å². The van der Waals surface area contributed by atoms with Crippen LogP contribution >= 0.6 is 0 Å². The molecule has 344 valence electrons. The number of unbranched alkanes of at least 4 members (excludes halogenated alkanes) is 29. The minimum absolute atomic E-state index is 0.0728. The average molecular weight is 829 g/mol. The van der Waals surface area contributed by atoms with Gasteiger partial charge in [-0.25, -0.2) is 0 Å². The summed E-state index contributed by atoms with van der Waals surface area (Å²) >= 11 is 0. The molecule has 1 atom stereocenters. The molecule has 0 saturated heterocycles. The third-order valence-electron chi connectivity index (χ3n) is 11.1. The van der Waals surface area contributed by atoms with E-state index in [4.69, 9.17) is 14.2 Å². The Bertz CT molecular complexity index is 1000. The van der Waals surface area contributed by atoms with Crippen LogP contribution in [0.5, 0.6) is 0 Å². The third-order valence-corrected chi connectivity index (χ3v) is 11.1. The Morgan fingerprint density at radius 3 is 0.983 bits per heavy atom. The maximum absolute atomic E-state index is 12.7. The predicted molar refractivity (Wildman–Crippen MR) is 252 cm³/mol. The smallest absolute Gasteiger partial charge is 0.306 e. The Hall–Kier alpha value is -2.37. The number of carbonyl (C=O) groups excluding carboxylic acids is 3. The molecular weight excluding hydrogens is 733 g/mol. The fourth-order valence-electron chi connectivity index (χ4n) is 7.27. The monoisotopic (exact) mass is 829 g/mol. The summed E-state index contributed by atoms with van der Waals surface area (Å²) in [6.07, 6.45) is 55.5. The van der Waals surface area contributed by atoms with Crippen LogP contribution in [0, 0.1) is 0 Å². The molecule has 6 nitrogen and oxygen atoms in total. The lowest BCUT2D eigenvalue weighted by Crippen LogP contribution is -2.30. The average Bonchev–Trinajstić information content (AvgIpc) is 3.23. The van der Waals surface area contributed by atoms with E-state index in [2.05, 4.69) is 57.2 Å². The van der Waals surface area contributed by atoms with E-state index in [-0.39, 0.29) is 31.1 Å². The molecule has 0 radical (unpaired) electrons. The fourth-order valence-corrected chi connectivity index (χ4v) is 7.27. The van der Waals surface area contributed by atoms with Gasteiger partial charge in [-0.3, -0.25) is 14.4 Å². The fraction of sp³-hybridized carbons (Fsp3) is 0.830. The van der Waals surface area contributed by atoms with Gasteiger partial charge in [0.25, 0.3) is 0 Å². The van der Waals surface area contributed by atoms with Crippen molar-refractivity contribution < 1.29 is 28.6 Å². The van der Waals surface area contributed by atoms with Crippen LogP contribution in [-0.2, 0) is 28.6 Å². The second kappa shape index (κ2) is 48.3. The highest BCUT2D eigenvalue weighted by Gasteiger charge is 2.19. The summed E-state index contributed by atoms with van der Waals surface area (Å²) in [6.45, 7) is 6.59. The number of carbonyl (C=O) groups is 3. The largest absolute Gasteiger partial charge is 0.462 e. The maximum Gasteiger partial charge on any atom is 0.306 e. The maximum atomic E-state index is 12.7. The van der Waals surface area contributed by atoms with Crippen molar-refractivity contribution in [3.05, 3.63) is 36.5 Å². The van der Waals surface area contributed by atoms with Gasteiger partial charge >= 0.3 is 17.9 Å². The molecule has 0 fully saturated rings. The van der Waals surface area contributed by atoms with Crippen LogP contribution in [0.4, 0.5) is 0 Å². The minimum Gasteiger partial charge on any atom is -0.462 e. The molecule has 6 heteroatoms. The quantitative estimate of drug-likeness (QED) is 0.0263.